The molecule has 0 unspecified atom stereocenters. The van der Waals surface area contributed by atoms with Crippen LogP contribution >= 0.6 is 11.3 Å². The lowest BCUT2D eigenvalue weighted by atomic mass is 10.2. The summed E-state index contributed by atoms with van der Waals surface area (Å²) in [5.41, 5.74) is -1.91. The third-order valence-corrected chi connectivity index (χ3v) is 4.59. The molecule has 0 saturated heterocycles. The summed E-state index contributed by atoms with van der Waals surface area (Å²) in [5, 5.41) is 4.11. The molecule has 0 radical (unpaired) electrons. The topological polar surface area (TPSA) is 39.9 Å². The zero-order valence-corrected chi connectivity index (χ0v) is 15.0. The second-order valence-electron chi connectivity index (χ2n) is 5.59. The van der Waals surface area contributed by atoms with Crippen molar-refractivity contribution in [1.29, 1.82) is 0 Å². The zero-order chi connectivity index (χ0) is 21.6. The molecule has 4 nitrogen and oxygen atoms in total. The van der Waals surface area contributed by atoms with Gasteiger partial charge in [-0.05, 0) is 12.5 Å². The van der Waals surface area contributed by atoms with Crippen LogP contribution in [0.3, 0.4) is 0 Å². The van der Waals surface area contributed by atoms with Crippen LogP contribution in [0.25, 0.3) is 5.82 Å². The summed E-state index contributed by atoms with van der Waals surface area (Å²) in [6.07, 6.45) is -8.92. The Kier molecular flexibility index (Phi) is 5.28. The molecule has 0 aliphatic heterocycles. The van der Waals surface area contributed by atoms with Crippen LogP contribution in [0.4, 0.5) is 35.1 Å². The Morgan fingerprint density at radius 3 is 2.28 bits per heavy atom. The lowest BCUT2D eigenvalue weighted by Gasteiger charge is -2.12. The van der Waals surface area contributed by atoms with Crippen molar-refractivity contribution in [2.75, 3.05) is 0 Å². The van der Waals surface area contributed by atoms with Gasteiger partial charge in [-0.2, -0.15) is 36.4 Å². The highest BCUT2D eigenvalue weighted by Gasteiger charge is 2.35. The van der Waals surface area contributed by atoms with E-state index in [0.29, 0.717) is 16.8 Å². The predicted molar refractivity (Wildman–Crippen MR) is 85.1 cm³/mol. The van der Waals surface area contributed by atoms with Crippen LogP contribution in [0.1, 0.15) is 23.1 Å². The molecule has 3 heterocycles. The number of ether oxygens (including phenoxy) is 1. The van der Waals surface area contributed by atoms with Gasteiger partial charge in [-0.3, -0.25) is 0 Å². The average Bonchev–Trinajstić information content (AvgIpc) is 3.26. The van der Waals surface area contributed by atoms with Gasteiger partial charge in [0.2, 0.25) is 0 Å². The minimum absolute atomic E-state index is 0.228. The fourth-order valence-electron chi connectivity index (χ4n) is 2.31. The van der Waals surface area contributed by atoms with Crippen molar-refractivity contribution in [3.8, 4) is 17.4 Å². The average molecular weight is 443 g/mol. The minimum atomic E-state index is -4.81. The summed E-state index contributed by atoms with van der Waals surface area (Å²) < 4.78 is 111. The first kappa shape index (κ1) is 21.0. The van der Waals surface area contributed by atoms with Crippen molar-refractivity contribution in [1.82, 2.24) is 14.8 Å². The highest BCUT2D eigenvalue weighted by atomic mass is 32.1. The van der Waals surface area contributed by atoms with Crippen LogP contribution in [0.15, 0.2) is 23.7 Å². The van der Waals surface area contributed by atoms with E-state index in [1.54, 1.807) is 0 Å². The number of rotatable bonds is 4. The molecule has 3 aromatic heterocycles. The van der Waals surface area contributed by atoms with Gasteiger partial charge in [-0.25, -0.2) is 13.5 Å². The van der Waals surface area contributed by atoms with Gasteiger partial charge in [0.1, 0.15) is 10.6 Å². The molecule has 0 amide bonds. The molecule has 0 fully saturated rings. The lowest BCUT2D eigenvalue weighted by molar-refractivity contribution is -0.141. The fraction of sp³-hybridized carbons (Fsp3) is 0.250. The third kappa shape index (κ3) is 4.18. The van der Waals surface area contributed by atoms with Crippen LogP contribution < -0.4 is 4.74 Å². The van der Waals surface area contributed by atoms with E-state index >= 15 is 0 Å². The Morgan fingerprint density at radius 1 is 1.07 bits per heavy atom. The number of alkyl halides is 6. The molecule has 3 rings (SSSR count). The van der Waals surface area contributed by atoms with E-state index in [0.717, 1.165) is 11.6 Å². The van der Waals surface area contributed by atoms with Gasteiger partial charge in [0.25, 0.3) is 5.88 Å². The Morgan fingerprint density at radius 2 is 1.76 bits per heavy atom. The number of thiophene rings is 1. The largest absolute Gasteiger partial charge is 0.436 e. The van der Waals surface area contributed by atoms with E-state index in [9.17, 15) is 35.1 Å². The van der Waals surface area contributed by atoms with Gasteiger partial charge in [0.15, 0.2) is 23.1 Å². The van der Waals surface area contributed by atoms with Gasteiger partial charge >= 0.3 is 12.4 Å². The number of nitrogens with zero attached hydrogens (tertiary/aromatic N) is 3. The van der Waals surface area contributed by atoms with E-state index in [1.165, 1.54) is 6.92 Å². The van der Waals surface area contributed by atoms with E-state index < -0.39 is 57.6 Å². The first-order valence-corrected chi connectivity index (χ1v) is 8.64. The molecule has 0 bridgehead atoms. The van der Waals surface area contributed by atoms with E-state index in [2.05, 4.69) is 10.1 Å². The van der Waals surface area contributed by atoms with Crippen molar-refractivity contribution in [2.45, 2.75) is 25.7 Å². The summed E-state index contributed by atoms with van der Waals surface area (Å²) in [6.45, 7) is 1.37. The van der Waals surface area contributed by atoms with E-state index in [1.807, 2.05) is 0 Å². The molecule has 0 aliphatic carbocycles. The molecule has 0 saturated carbocycles. The van der Waals surface area contributed by atoms with E-state index in [4.69, 9.17) is 4.74 Å². The van der Waals surface area contributed by atoms with Crippen LogP contribution in [-0.4, -0.2) is 14.8 Å². The number of halogens is 8. The maximum atomic E-state index is 14.6. The van der Waals surface area contributed by atoms with Crippen LogP contribution in [0.2, 0.25) is 0 Å². The van der Waals surface area contributed by atoms with Crippen molar-refractivity contribution < 1.29 is 39.9 Å². The second-order valence-corrected chi connectivity index (χ2v) is 6.50. The monoisotopic (exact) mass is 443 g/mol. The first-order chi connectivity index (χ1) is 13.4. The Balaban J connectivity index is 2.05. The molecule has 0 spiro atoms. The standard InChI is InChI=1S/C16H9F8N3OS/c1-2-8-11(17)13(27-4-3-9(26-27)15(19,20)21)25-14(12(8)18)28-7-5-10(29-6-7)16(22,23)24/h3-6H,2H2,1H3. The van der Waals surface area contributed by atoms with Gasteiger partial charge in [-0.15, -0.1) is 11.3 Å². The Hall–Kier alpha value is -2.70. The summed E-state index contributed by atoms with van der Waals surface area (Å²) in [6, 6.07) is 1.15. The second kappa shape index (κ2) is 7.28. The van der Waals surface area contributed by atoms with Crippen molar-refractivity contribution >= 4 is 11.3 Å². The molecule has 0 aromatic carbocycles. The maximum Gasteiger partial charge on any atom is 0.435 e. The lowest BCUT2D eigenvalue weighted by Crippen LogP contribution is -2.11. The van der Waals surface area contributed by atoms with Crippen molar-refractivity contribution in [3.63, 3.8) is 0 Å². The smallest absolute Gasteiger partial charge is 0.435 e. The molecule has 13 heteroatoms. The molecule has 0 aliphatic rings. The highest BCUT2D eigenvalue weighted by Crippen LogP contribution is 2.38. The summed E-state index contributed by atoms with van der Waals surface area (Å²) in [7, 11) is 0. The normalized spacial score (nSPS) is 12.4. The molecule has 0 atom stereocenters. The highest BCUT2D eigenvalue weighted by molar-refractivity contribution is 7.10. The van der Waals surface area contributed by atoms with Crippen LogP contribution in [0.5, 0.6) is 11.6 Å². The van der Waals surface area contributed by atoms with Crippen molar-refractivity contribution in [2.24, 2.45) is 0 Å². The quantitative estimate of drug-likeness (QED) is 0.465. The zero-order valence-electron chi connectivity index (χ0n) is 14.2. The Bertz CT molecular complexity index is 1040. The number of pyridine rings is 1. The van der Waals surface area contributed by atoms with Gasteiger partial charge < -0.3 is 4.74 Å². The fourth-order valence-corrected chi connectivity index (χ4v) is 2.99. The maximum absolute atomic E-state index is 14.6. The minimum Gasteiger partial charge on any atom is -0.436 e. The molecule has 0 N–H and O–H groups in total. The third-order valence-electron chi connectivity index (χ3n) is 3.64. The molecular formula is C16H9F8N3OS. The summed E-state index contributed by atoms with van der Waals surface area (Å²) in [5.74, 6) is -4.65. The summed E-state index contributed by atoms with van der Waals surface area (Å²) >= 11 is 0.284. The van der Waals surface area contributed by atoms with E-state index in [-0.39, 0.29) is 17.8 Å². The van der Waals surface area contributed by atoms with Gasteiger partial charge in [-0.1, -0.05) is 6.92 Å². The number of hydrogen-bond acceptors (Lipinski definition) is 4. The molecule has 3 aromatic rings. The van der Waals surface area contributed by atoms with Crippen molar-refractivity contribution in [3.05, 3.63) is 51.5 Å². The Labute approximate surface area is 161 Å². The SMILES string of the molecule is CCc1c(F)c(Oc2csc(C(F)(F)F)c2)nc(-n2ccc(C(F)(F)F)n2)c1F. The molecule has 29 heavy (non-hydrogen) atoms. The molecular weight excluding hydrogens is 434 g/mol. The van der Waals surface area contributed by atoms with Gasteiger partial charge in [0.05, 0.1) is 0 Å². The molecule has 156 valence electrons. The van der Waals surface area contributed by atoms with Crippen LogP contribution in [0, 0.1) is 11.6 Å². The number of hydrogen-bond donors (Lipinski definition) is 0. The van der Waals surface area contributed by atoms with Gasteiger partial charge in [0, 0.05) is 23.2 Å². The predicted octanol–water partition coefficient (Wildman–Crippen LogP) is 6.00. The first-order valence-electron chi connectivity index (χ1n) is 7.76. The van der Waals surface area contributed by atoms with Crippen LogP contribution in [-0.2, 0) is 18.8 Å². The number of aromatic nitrogens is 3. The summed E-state index contributed by atoms with van der Waals surface area (Å²) in [4.78, 5) is 2.48.